The molecule has 0 saturated carbocycles. The Labute approximate surface area is 151 Å². The van der Waals surface area contributed by atoms with Gasteiger partial charge in [-0.2, -0.15) is 10.2 Å². The van der Waals surface area contributed by atoms with Gasteiger partial charge in [0.1, 0.15) is 6.54 Å². The number of aryl methyl sites for hydroxylation is 1. The summed E-state index contributed by atoms with van der Waals surface area (Å²) in [4.78, 5) is 40.8. The molecule has 132 valence electrons. The monoisotopic (exact) mass is 372 g/mol. The molecule has 2 aromatic heterocycles. The molecule has 0 bridgehead atoms. The summed E-state index contributed by atoms with van der Waals surface area (Å²) in [5.41, 5.74) is -0.140. The van der Waals surface area contributed by atoms with Crippen LogP contribution in [0, 0.1) is 11.3 Å². The van der Waals surface area contributed by atoms with Gasteiger partial charge in [0.2, 0.25) is 11.2 Å². The summed E-state index contributed by atoms with van der Waals surface area (Å²) in [6, 6.07) is 8.39. The van der Waals surface area contributed by atoms with E-state index in [1.165, 1.54) is 29.3 Å². The smallest absolute Gasteiger partial charge is 0.324 e. The van der Waals surface area contributed by atoms with Gasteiger partial charge in [0.25, 0.3) is 5.56 Å². The number of benzene rings is 1. The number of hydrogen-bond donors (Lipinski definition) is 1. The van der Waals surface area contributed by atoms with Crippen LogP contribution in [0.25, 0.3) is 11.2 Å². The Hall–Kier alpha value is -3.38. The predicted molar refractivity (Wildman–Crippen MR) is 95.0 cm³/mol. The van der Waals surface area contributed by atoms with Gasteiger partial charge in [-0.05, 0) is 29.8 Å². The van der Waals surface area contributed by atoms with Gasteiger partial charge in [0.15, 0.2) is 11.2 Å². The number of carbonyl (C=O) groups excluding carboxylic acids is 1. The molecule has 9 nitrogen and oxygen atoms in total. The molecule has 26 heavy (non-hydrogen) atoms. The number of nitrogens with zero attached hydrogens (tertiary/aromatic N) is 5. The van der Waals surface area contributed by atoms with E-state index in [9.17, 15) is 14.4 Å². The van der Waals surface area contributed by atoms with Crippen molar-refractivity contribution in [3.05, 3.63) is 56.0 Å². The largest absolute Gasteiger partial charge is 0.332 e. The molecule has 3 aromatic rings. The first-order valence-electron chi connectivity index (χ1n) is 7.45. The minimum atomic E-state index is -0.596. The topological polar surface area (TPSA) is 115 Å². The summed E-state index contributed by atoms with van der Waals surface area (Å²) in [5, 5.41) is 11.5. The van der Waals surface area contributed by atoms with Crippen molar-refractivity contribution in [1.29, 1.82) is 5.26 Å². The number of rotatable bonds is 3. The van der Waals surface area contributed by atoms with Gasteiger partial charge in [-0.3, -0.25) is 23.3 Å². The number of imidazole rings is 1. The van der Waals surface area contributed by atoms with Gasteiger partial charge >= 0.3 is 5.69 Å². The number of anilines is 1. The number of nitriles is 1. The molecule has 0 atom stereocenters. The Kier molecular flexibility index (Phi) is 4.36. The fraction of sp³-hybridized carbons (Fsp3) is 0.188. The number of nitrogens with one attached hydrogen (secondary N) is 1. The molecule has 0 spiro atoms. The van der Waals surface area contributed by atoms with E-state index in [0.29, 0.717) is 11.3 Å². The summed E-state index contributed by atoms with van der Waals surface area (Å²) in [7, 11) is 2.80. The van der Waals surface area contributed by atoms with E-state index in [4.69, 9.17) is 16.9 Å². The highest BCUT2D eigenvalue weighted by Gasteiger charge is 2.19. The minimum absolute atomic E-state index is 0.0560. The Morgan fingerprint density at radius 1 is 1.31 bits per heavy atom. The summed E-state index contributed by atoms with van der Waals surface area (Å²) in [5.74, 6) is -0.461. The summed E-state index contributed by atoms with van der Waals surface area (Å²) >= 11 is 6.08. The molecule has 10 heteroatoms. The third-order valence-electron chi connectivity index (χ3n) is 3.88. The molecule has 0 saturated heterocycles. The van der Waals surface area contributed by atoms with E-state index < -0.39 is 17.2 Å². The third kappa shape index (κ3) is 2.87. The van der Waals surface area contributed by atoms with Crippen molar-refractivity contribution in [2.75, 3.05) is 5.32 Å². The van der Waals surface area contributed by atoms with Gasteiger partial charge in [0.05, 0.1) is 11.6 Å². The van der Waals surface area contributed by atoms with Gasteiger partial charge in [-0.1, -0.05) is 6.07 Å². The predicted octanol–water partition coefficient (Wildman–Crippen LogP) is 0.597. The second kappa shape index (κ2) is 6.50. The minimum Gasteiger partial charge on any atom is -0.324 e. The van der Waals surface area contributed by atoms with Crippen molar-refractivity contribution >= 4 is 34.4 Å². The second-order valence-electron chi connectivity index (χ2n) is 5.59. The molecular weight excluding hydrogens is 360 g/mol. The lowest BCUT2D eigenvalue weighted by Crippen LogP contribution is -2.37. The van der Waals surface area contributed by atoms with Crippen molar-refractivity contribution in [3.63, 3.8) is 0 Å². The van der Waals surface area contributed by atoms with Crippen molar-refractivity contribution in [1.82, 2.24) is 18.7 Å². The number of amides is 1. The zero-order valence-corrected chi connectivity index (χ0v) is 14.6. The fourth-order valence-corrected chi connectivity index (χ4v) is 2.80. The lowest BCUT2D eigenvalue weighted by atomic mass is 10.2. The molecule has 0 fully saturated rings. The normalized spacial score (nSPS) is 10.7. The third-order valence-corrected chi connectivity index (χ3v) is 4.17. The van der Waals surface area contributed by atoms with Crippen LogP contribution in [0.15, 0.2) is 33.9 Å². The zero-order valence-electron chi connectivity index (χ0n) is 13.9. The van der Waals surface area contributed by atoms with Gasteiger partial charge in [-0.15, -0.1) is 0 Å². The first-order valence-corrected chi connectivity index (χ1v) is 7.83. The van der Waals surface area contributed by atoms with Crippen LogP contribution in [0.1, 0.15) is 5.56 Å². The molecule has 0 unspecified atom stereocenters. The Morgan fingerprint density at radius 2 is 2.04 bits per heavy atom. The first kappa shape index (κ1) is 17.4. The van der Waals surface area contributed by atoms with Crippen LogP contribution in [-0.4, -0.2) is 24.6 Å². The van der Waals surface area contributed by atoms with Crippen LogP contribution in [-0.2, 0) is 25.4 Å². The lowest BCUT2D eigenvalue weighted by Gasteiger charge is -2.08. The molecule has 2 heterocycles. The molecular formula is C16H13ClN6O3. The molecule has 1 amide bonds. The highest BCUT2D eigenvalue weighted by Crippen LogP contribution is 2.16. The lowest BCUT2D eigenvalue weighted by molar-refractivity contribution is -0.116. The number of aromatic nitrogens is 4. The molecule has 1 N–H and O–H groups in total. The SMILES string of the molecule is Cn1c(=O)c2c(nc(Cl)n2CC(=O)Nc2cccc(C#N)c2)n(C)c1=O. The molecule has 0 aliphatic rings. The molecule has 0 aliphatic carbocycles. The Balaban J connectivity index is 2.00. The van der Waals surface area contributed by atoms with Gasteiger partial charge in [-0.25, -0.2) is 4.79 Å². The van der Waals surface area contributed by atoms with E-state index in [1.54, 1.807) is 18.2 Å². The van der Waals surface area contributed by atoms with E-state index in [-0.39, 0.29) is 23.0 Å². The van der Waals surface area contributed by atoms with Crippen LogP contribution in [0.4, 0.5) is 5.69 Å². The van der Waals surface area contributed by atoms with E-state index >= 15 is 0 Å². The standard InChI is InChI=1S/C16H13ClN6O3/c1-21-13-12(14(25)22(2)16(21)26)23(15(17)20-13)8-11(24)19-10-5-3-4-9(6-10)7-18/h3-6H,8H2,1-2H3,(H,19,24). The maximum Gasteiger partial charge on any atom is 0.332 e. The second-order valence-corrected chi connectivity index (χ2v) is 5.92. The molecule has 0 aliphatic heterocycles. The van der Waals surface area contributed by atoms with E-state index in [1.807, 2.05) is 6.07 Å². The highest BCUT2D eigenvalue weighted by molar-refractivity contribution is 6.29. The average Bonchev–Trinajstić information content (AvgIpc) is 2.94. The number of fused-ring (bicyclic) bond motifs is 1. The van der Waals surface area contributed by atoms with E-state index in [0.717, 1.165) is 4.57 Å². The van der Waals surface area contributed by atoms with Crippen LogP contribution in [0.3, 0.4) is 0 Å². The van der Waals surface area contributed by atoms with Gasteiger partial charge < -0.3 is 5.32 Å². The summed E-state index contributed by atoms with van der Waals surface area (Å²) in [6.45, 7) is -0.278. The van der Waals surface area contributed by atoms with Crippen LogP contribution >= 0.6 is 11.6 Å². The highest BCUT2D eigenvalue weighted by atomic mass is 35.5. The maximum atomic E-state index is 12.4. The van der Waals surface area contributed by atoms with Crippen molar-refractivity contribution in [2.45, 2.75) is 6.54 Å². The van der Waals surface area contributed by atoms with Crippen molar-refractivity contribution < 1.29 is 4.79 Å². The zero-order chi connectivity index (χ0) is 19.0. The van der Waals surface area contributed by atoms with Gasteiger partial charge in [0, 0.05) is 19.8 Å². The number of hydrogen-bond acceptors (Lipinski definition) is 5. The van der Waals surface area contributed by atoms with Crippen molar-refractivity contribution in [2.24, 2.45) is 14.1 Å². The Bertz CT molecular complexity index is 1200. The number of halogens is 1. The summed E-state index contributed by atoms with van der Waals surface area (Å²) < 4.78 is 3.35. The fourth-order valence-electron chi connectivity index (χ4n) is 2.57. The first-order chi connectivity index (χ1) is 12.3. The van der Waals surface area contributed by atoms with E-state index in [2.05, 4.69) is 10.3 Å². The van der Waals surface area contributed by atoms with Crippen molar-refractivity contribution in [3.8, 4) is 6.07 Å². The van der Waals surface area contributed by atoms with Crippen LogP contribution in [0.5, 0.6) is 0 Å². The van der Waals surface area contributed by atoms with Crippen LogP contribution < -0.4 is 16.6 Å². The summed E-state index contributed by atoms with van der Waals surface area (Å²) in [6.07, 6.45) is 0. The average molecular weight is 373 g/mol. The molecule has 3 rings (SSSR count). The number of carbonyl (C=O) groups is 1. The van der Waals surface area contributed by atoms with Crippen LogP contribution in [0.2, 0.25) is 5.28 Å². The quantitative estimate of drug-likeness (QED) is 0.676. The Morgan fingerprint density at radius 3 is 2.73 bits per heavy atom. The maximum absolute atomic E-state index is 12.4. The molecule has 0 radical (unpaired) electrons. The molecule has 1 aromatic carbocycles.